The Labute approximate surface area is 122 Å². The first kappa shape index (κ1) is 14.0. The van der Waals surface area contributed by atoms with Crippen LogP contribution in [0, 0.1) is 0 Å². The Kier molecular flexibility index (Phi) is 4.88. The summed E-state index contributed by atoms with van der Waals surface area (Å²) in [6, 6.07) is 8.93. The number of hydrogen-bond donors (Lipinski definition) is 1. The molecule has 2 rings (SSSR count). The molecule has 0 unspecified atom stereocenters. The van der Waals surface area contributed by atoms with E-state index in [0.717, 1.165) is 13.0 Å². The van der Waals surface area contributed by atoms with Gasteiger partial charge in [0.2, 0.25) is 5.91 Å². The summed E-state index contributed by atoms with van der Waals surface area (Å²) in [5.41, 5.74) is 0.556. The Balaban J connectivity index is 1.82. The van der Waals surface area contributed by atoms with Crippen molar-refractivity contribution in [1.29, 1.82) is 0 Å². The number of hydrogen-bond acceptors (Lipinski definition) is 1. The van der Waals surface area contributed by atoms with Crippen LogP contribution in [-0.2, 0) is 11.3 Å². The maximum Gasteiger partial charge on any atom is 0.224 e. The second-order valence-electron chi connectivity index (χ2n) is 4.20. The Morgan fingerprint density at radius 2 is 1.95 bits per heavy atom. The lowest BCUT2D eigenvalue weighted by molar-refractivity contribution is -0.116. The highest BCUT2D eigenvalue weighted by molar-refractivity contribution is 6.35. The van der Waals surface area contributed by atoms with Crippen LogP contribution in [-0.4, -0.2) is 10.5 Å². The molecule has 1 aromatic carbocycles. The summed E-state index contributed by atoms with van der Waals surface area (Å²) in [6.07, 6.45) is 5.18. The smallest absolute Gasteiger partial charge is 0.224 e. The lowest BCUT2D eigenvalue weighted by Crippen LogP contribution is -2.12. The first-order valence-corrected chi connectivity index (χ1v) is 6.76. The topological polar surface area (TPSA) is 34.0 Å². The second kappa shape index (κ2) is 6.64. The van der Waals surface area contributed by atoms with E-state index in [2.05, 4.69) is 5.32 Å². The fraction of sp³-hybridized carbons (Fsp3) is 0.214. The molecule has 0 bridgehead atoms. The molecule has 0 aliphatic heterocycles. The molecule has 0 fully saturated rings. The van der Waals surface area contributed by atoms with Crippen molar-refractivity contribution in [2.75, 3.05) is 5.32 Å². The highest BCUT2D eigenvalue weighted by Crippen LogP contribution is 2.25. The lowest BCUT2D eigenvalue weighted by atomic mass is 10.2. The number of benzene rings is 1. The van der Waals surface area contributed by atoms with E-state index in [4.69, 9.17) is 23.2 Å². The molecule has 1 N–H and O–H groups in total. The molecule has 0 spiro atoms. The molecular formula is C14H14Cl2N2O. The number of nitrogens with one attached hydrogen (secondary N) is 1. The van der Waals surface area contributed by atoms with Crippen molar-refractivity contribution in [3.8, 4) is 0 Å². The van der Waals surface area contributed by atoms with Crippen molar-refractivity contribution in [3.05, 3.63) is 52.8 Å². The average molecular weight is 297 g/mol. The van der Waals surface area contributed by atoms with E-state index in [9.17, 15) is 4.79 Å². The van der Waals surface area contributed by atoms with Crippen LogP contribution in [0.4, 0.5) is 5.69 Å². The van der Waals surface area contributed by atoms with E-state index in [-0.39, 0.29) is 5.91 Å². The lowest BCUT2D eigenvalue weighted by Gasteiger charge is -2.08. The normalized spacial score (nSPS) is 10.4. The maximum absolute atomic E-state index is 11.8. The summed E-state index contributed by atoms with van der Waals surface area (Å²) < 4.78 is 2.04. The van der Waals surface area contributed by atoms with Gasteiger partial charge in [-0.1, -0.05) is 23.2 Å². The molecule has 1 amide bonds. The summed E-state index contributed by atoms with van der Waals surface area (Å²) in [5, 5.41) is 3.80. The van der Waals surface area contributed by atoms with E-state index in [0.29, 0.717) is 22.2 Å². The van der Waals surface area contributed by atoms with Gasteiger partial charge in [-0.2, -0.15) is 0 Å². The molecule has 1 heterocycles. The van der Waals surface area contributed by atoms with Gasteiger partial charge in [0.15, 0.2) is 0 Å². The van der Waals surface area contributed by atoms with Crippen molar-refractivity contribution < 1.29 is 4.79 Å². The molecule has 2 aromatic rings. The molecule has 0 aliphatic carbocycles. The third-order valence-electron chi connectivity index (χ3n) is 2.69. The zero-order valence-corrected chi connectivity index (χ0v) is 11.8. The zero-order chi connectivity index (χ0) is 13.7. The summed E-state index contributed by atoms with van der Waals surface area (Å²) in [7, 11) is 0. The molecule has 0 saturated carbocycles. The van der Waals surface area contributed by atoms with E-state index in [1.165, 1.54) is 0 Å². The van der Waals surface area contributed by atoms with Crippen LogP contribution in [0.25, 0.3) is 0 Å². The van der Waals surface area contributed by atoms with Crippen LogP contribution in [0.3, 0.4) is 0 Å². The summed E-state index contributed by atoms with van der Waals surface area (Å²) in [4.78, 5) is 11.8. The second-order valence-corrected chi connectivity index (χ2v) is 5.04. The highest BCUT2D eigenvalue weighted by atomic mass is 35.5. The van der Waals surface area contributed by atoms with Crippen molar-refractivity contribution in [2.24, 2.45) is 0 Å². The fourth-order valence-corrected chi connectivity index (χ4v) is 2.08. The molecule has 100 valence electrons. The van der Waals surface area contributed by atoms with Gasteiger partial charge in [-0.25, -0.2) is 0 Å². The number of aromatic nitrogens is 1. The Morgan fingerprint density at radius 3 is 2.68 bits per heavy atom. The van der Waals surface area contributed by atoms with E-state index in [1.54, 1.807) is 18.2 Å². The van der Waals surface area contributed by atoms with Gasteiger partial charge < -0.3 is 9.88 Å². The van der Waals surface area contributed by atoms with Crippen LogP contribution in [0.2, 0.25) is 10.0 Å². The fourth-order valence-electron chi connectivity index (χ4n) is 1.75. The van der Waals surface area contributed by atoms with Crippen LogP contribution < -0.4 is 5.32 Å². The number of carbonyl (C=O) groups excluding carboxylic acids is 1. The third kappa shape index (κ3) is 4.30. The summed E-state index contributed by atoms with van der Waals surface area (Å²) >= 11 is 11.8. The van der Waals surface area contributed by atoms with Crippen LogP contribution >= 0.6 is 23.2 Å². The number of halogens is 2. The van der Waals surface area contributed by atoms with E-state index >= 15 is 0 Å². The molecule has 0 aliphatic rings. The van der Waals surface area contributed by atoms with Gasteiger partial charge in [0.25, 0.3) is 0 Å². The minimum Gasteiger partial charge on any atom is -0.354 e. The van der Waals surface area contributed by atoms with Crippen molar-refractivity contribution in [3.63, 3.8) is 0 Å². The van der Waals surface area contributed by atoms with Crippen LogP contribution in [0.5, 0.6) is 0 Å². The minimum atomic E-state index is -0.0590. The summed E-state index contributed by atoms with van der Waals surface area (Å²) in [6.45, 7) is 0.823. The first-order valence-electron chi connectivity index (χ1n) is 6.01. The molecular weight excluding hydrogens is 283 g/mol. The van der Waals surface area contributed by atoms with Gasteiger partial charge in [-0.15, -0.1) is 0 Å². The average Bonchev–Trinajstić information content (AvgIpc) is 2.87. The monoisotopic (exact) mass is 296 g/mol. The standard InChI is InChI=1S/C14H14Cl2N2O/c15-11-5-6-12(16)13(10-11)17-14(19)4-3-9-18-7-1-2-8-18/h1-2,5-8,10H,3-4,9H2,(H,17,19). The van der Waals surface area contributed by atoms with Gasteiger partial charge in [-0.3, -0.25) is 4.79 Å². The Bertz CT molecular complexity index is 553. The van der Waals surface area contributed by atoms with Gasteiger partial charge in [0, 0.05) is 30.4 Å². The largest absolute Gasteiger partial charge is 0.354 e. The minimum absolute atomic E-state index is 0.0590. The van der Waals surface area contributed by atoms with E-state index in [1.807, 2.05) is 29.1 Å². The molecule has 3 nitrogen and oxygen atoms in total. The molecule has 1 aromatic heterocycles. The van der Waals surface area contributed by atoms with Crippen molar-refractivity contribution in [1.82, 2.24) is 4.57 Å². The van der Waals surface area contributed by atoms with Crippen molar-refractivity contribution >= 4 is 34.8 Å². The molecule has 0 atom stereocenters. The zero-order valence-electron chi connectivity index (χ0n) is 10.3. The van der Waals surface area contributed by atoms with Gasteiger partial charge in [-0.05, 0) is 36.8 Å². The number of aryl methyl sites for hydroxylation is 1. The quantitative estimate of drug-likeness (QED) is 0.881. The van der Waals surface area contributed by atoms with Crippen LogP contribution in [0.1, 0.15) is 12.8 Å². The highest BCUT2D eigenvalue weighted by Gasteiger charge is 2.06. The number of anilines is 1. The molecule has 0 radical (unpaired) electrons. The SMILES string of the molecule is O=C(CCCn1cccc1)Nc1cc(Cl)ccc1Cl. The maximum atomic E-state index is 11.8. The predicted molar refractivity (Wildman–Crippen MR) is 78.8 cm³/mol. The predicted octanol–water partition coefficient (Wildman–Crippen LogP) is 4.21. The van der Waals surface area contributed by atoms with Gasteiger partial charge in [0.05, 0.1) is 10.7 Å². The molecule has 0 saturated heterocycles. The number of amides is 1. The van der Waals surface area contributed by atoms with Crippen LogP contribution in [0.15, 0.2) is 42.7 Å². The number of nitrogens with zero attached hydrogens (tertiary/aromatic N) is 1. The van der Waals surface area contributed by atoms with Gasteiger partial charge >= 0.3 is 0 Å². The molecule has 19 heavy (non-hydrogen) atoms. The number of rotatable bonds is 5. The summed E-state index contributed by atoms with van der Waals surface area (Å²) in [5.74, 6) is -0.0590. The first-order chi connectivity index (χ1) is 9.15. The van der Waals surface area contributed by atoms with Crippen molar-refractivity contribution in [2.45, 2.75) is 19.4 Å². The Morgan fingerprint density at radius 1 is 1.21 bits per heavy atom. The van der Waals surface area contributed by atoms with E-state index < -0.39 is 0 Å². The Hall–Kier alpha value is -1.45. The van der Waals surface area contributed by atoms with Gasteiger partial charge in [0.1, 0.15) is 0 Å². The molecule has 5 heteroatoms. The number of carbonyl (C=O) groups is 1. The third-order valence-corrected chi connectivity index (χ3v) is 3.25.